The molecule has 0 spiro atoms. The third-order valence-electron chi connectivity index (χ3n) is 4.38. The zero-order valence-corrected chi connectivity index (χ0v) is 16.8. The summed E-state index contributed by atoms with van der Waals surface area (Å²) < 4.78 is 2.53. The largest absolute Gasteiger partial charge is 0.312 e. The van der Waals surface area contributed by atoms with Crippen LogP contribution < -0.4 is 4.80 Å². The molecule has 0 unspecified atom stereocenters. The Bertz CT molecular complexity index is 1130. The van der Waals surface area contributed by atoms with Crippen molar-refractivity contribution in [2.24, 2.45) is 4.99 Å². The molecule has 2 aromatic carbocycles. The summed E-state index contributed by atoms with van der Waals surface area (Å²) in [7, 11) is 0. The van der Waals surface area contributed by atoms with Crippen LogP contribution in [-0.2, 0) is 12.0 Å². The lowest BCUT2D eigenvalue weighted by Gasteiger charge is -2.18. The van der Waals surface area contributed by atoms with Crippen LogP contribution in [0.25, 0.3) is 10.2 Å². The van der Waals surface area contributed by atoms with Crippen molar-refractivity contribution in [3.05, 3.63) is 81.2 Å². The second kappa shape index (κ2) is 7.52. The number of carbonyl (C=O) groups is 1. The average molecular weight is 395 g/mol. The molecule has 28 heavy (non-hydrogen) atoms. The Kier molecular flexibility index (Phi) is 5.29. The van der Waals surface area contributed by atoms with Crippen molar-refractivity contribution in [3.8, 4) is 0 Å². The summed E-state index contributed by atoms with van der Waals surface area (Å²) >= 11 is 1.25. The normalized spacial score (nSPS) is 12.3. The SMILES string of the molecule is C=CCn1c(=NC(=O)c2ccc(C(C)(C)C)cc2)sc2cc([N+](=O)[O-])ccc21. The minimum atomic E-state index is -0.435. The molecule has 1 heterocycles. The zero-order valence-electron chi connectivity index (χ0n) is 16.0. The molecule has 0 saturated heterocycles. The maximum atomic E-state index is 12.7. The molecule has 0 fully saturated rings. The molecule has 144 valence electrons. The number of rotatable bonds is 4. The molecule has 1 amide bonds. The number of allylic oxidation sites excluding steroid dienone is 1. The summed E-state index contributed by atoms with van der Waals surface area (Å²) in [5.74, 6) is -0.348. The number of hydrogen-bond acceptors (Lipinski definition) is 4. The van der Waals surface area contributed by atoms with E-state index < -0.39 is 4.92 Å². The molecule has 0 aliphatic carbocycles. The fourth-order valence-corrected chi connectivity index (χ4v) is 3.90. The van der Waals surface area contributed by atoms with E-state index >= 15 is 0 Å². The molecule has 3 rings (SSSR count). The first-order valence-electron chi connectivity index (χ1n) is 8.79. The van der Waals surface area contributed by atoms with Crippen molar-refractivity contribution < 1.29 is 9.72 Å². The quantitative estimate of drug-likeness (QED) is 0.360. The molecule has 0 atom stereocenters. The van der Waals surface area contributed by atoms with Crippen LogP contribution in [0.3, 0.4) is 0 Å². The average Bonchev–Trinajstić information content (AvgIpc) is 2.98. The van der Waals surface area contributed by atoms with Crippen LogP contribution in [0.1, 0.15) is 36.7 Å². The van der Waals surface area contributed by atoms with Gasteiger partial charge in [-0.05, 0) is 29.2 Å². The predicted octanol–water partition coefficient (Wildman–Crippen LogP) is 4.84. The first-order chi connectivity index (χ1) is 13.2. The highest BCUT2D eigenvalue weighted by atomic mass is 32.1. The van der Waals surface area contributed by atoms with E-state index in [0.29, 0.717) is 21.6 Å². The number of benzene rings is 2. The van der Waals surface area contributed by atoms with Crippen LogP contribution in [0.5, 0.6) is 0 Å². The summed E-state index contributed by atoms with van der Waals surface area (Å²) in [6.45, 7) is 10.5. The van der Waals surface area contributed by atoms with E-state index in [9.17, 15) is 14.9 Å². The highest BCUT2D eigenvalue weighted by Gasteiger charge is 2.15. The van der Waals surface area contributed by atoms with Gasteiger partial charge in [0.05, 0.1) is 15.1 Å². The molecular weight excluding hydrogens is 374 g/mol. The van der Waals surface area contributed by atoms with E-state index in [4.69, 9.17) is 0 Å². The number of fused-ring (bicyclic) bond motifs is 1. The van der Waals surface area contributed by atoms with E-state index in [2.05, 4.69) is 32.3 Å². The number of nitro groups is 1. The van der Waals surface area contributed by atoms with Gasteiger partial charge >= 0.3 is 0 Å². The summed E-state index contributed by atoms with van der Waals surface area (Å²) in [6, 6.07) is 12.1. The zero-order chi connectivity index (χ0) is 20.5. The van der Waals surface area contributed by atoms with Crippen molar-refractivity contribution in [3.63, 3.8) is 0 Å². The number of carbonyl (C=O) groups excluding carboxylic acids is 1. The van der Waals surface area contributed by atoms with Gasteiger partial charge in [-0.1, -0.05) is 50.3 Å². The molecule has 0 bridgehead atoms. The molecule has 0 aliphatic heterocycles. The Morgan fingerprint density at radius 1 is 1.25 bits per heavy atom. The Hall–Kier alpha value is -3.06. The van der Waals surface area contributed by atoms with Crippen LogP contribution in [0, 0.1) is 10.1 Å². The Morgan fingerprint density at radius 3 is 2.50 bits per heavy atom. The Labute approximate surface area is 166 Å². The maximum absolute atomic E-state index is 12.7. The van der Waals surface area contributed by atoms with Gasteiger partial charge in [0.2, 0.25) is 0 Å². The van der Waals surface area contributed by atoms with Gasteiger partial charge in [-0.2, -0.15) is 4.99 Å². The number of aromatic nitrogens is 1. The molecule has 7 heteroatoms. The van der Waals surface area contributed by atoms with Crippen molar-refractivity contribution in [1.29, 1.82) is 0 Å². The van der Waals surface area contributed by atoms with E-state index in [1.165, 1.54) is 23.5 Å². The fourth-order valence-electron chi connectivity index (χ4n) is 2.83. The molecule has 3 aromatic rings. The topological polar surface area (TPSA) is 77.5 Å². The number of nitro benzene ring substituents is 1. The molecule has 0 N–H and O–H groups in total. The van der Waals surface area contributed by atoms with E-state index in [-0.39, 0.29) is 17.0 Å². The van der Waals surface area contributed by atoms with Gasteiger partial charge in [-0.15, -0.1) is 6.58 Å². The van der Waals surface area contributed by atoms with Gasteiger partial charge in [0, 0.05) is 24.2 Å². The standard InChI is InChI=1S/C21H21N3O3S/c1-5-12-23-17-11-10-16(24(26)27)13-18(17)28-20(23)22-19(25)14-6-8-15(9-7-14)21(2,3)4/h5-11,13H,1,12H2,2-4H3. The highest BCUT2D eigenvalue weighted by Crippen LogP contribution is 2.24. The van der Waals surface area contributed by atoms with E-state index in [0.717, 1.165) is 11.1 Å². The van der Waals surface area contributed by atoms with E-state index in [1.54, 1.807) is 24.3 Å². The highest BCUT2D eigenvalue weighted by molar-refractivity contribution is 7.16. The van der Waals surface area contributed by atoms with Gasteiger partial charge in [-0.25, -0.2) is 0 Å². The minimum absolute atomic E-state index is 0.00585. The first kappa shape index (κ1) is 19.7. The van der Waals surface area contributed by atoms with Gasteiger partial charge in [-0.3, -0.25) is 14.9 Å². The molecule has 0 aliphatic rings. The van der Waals surface area contributed by atoms with Crippen LogP contribution in [0.15, 0.2) is 60.1 Å². The molecule has 1 aromatic heterocycles. The Balaban J connectivity index is 2.06. The van der Waals surface area contributed by atoms with Gasteiger partial charge in [0.15, 0.2) is 4.80 Å². The number of thiazole rings is 1. The molecule has 6 nitrogen and oxygen atoms in total. The smallest absolute Gasteiger partial charge is 0.279 e. The van der Waals surface area contributed by atoms with Gasteiger partial charge in [0.25, 0.3) is 11.6 Å². The van der Waals surface area contributed by atoms with Crippen molar-refractivity contribution >= 4 is 33.1 Å². The minimum Gasteiger partial charge on any atom is -0.312 e. The van der Waals surface area contributed by atoms with Gasteiger partial charge in [0.1, 0.15) is 0 Å². The summed E-state index contributed by atoms with van der Waals surface area (Å²) in [5, 5.41) is 11.0. The van der Waals surface area contributed by atoms with Crippen molar-refractivity contribution in [2.45, 2.75) is 32.7 Å². The first-order valence-corrected chi connectivity index (χ1v) is 9.60. The Morgan fingerprint density at radius 2 is 1.93 bits per heavy atom. The molecule has 0 saturated carbocycles. The molecule has 0 radical (unpaired) electrons. The second-order valence-corrected chi connectivity index (χ2v) is 8.45. The lowest BCUT2D eigenvalue weighted by molar-refractivity contribution is -0.384. The van der Waals surface area contributed by atoms with Crippen LogP contribution in [0.2, 0.25) is 0 Å². The lowest BCUT2D eigenvalue weighted by atomic mass is 9.87. The van der Waals surface area contributed by atoms with Crippen molar-refractivity contribution in [2.75, 3.05) is 0 Å². The maximum Gasteiger partial charge on any atom is 0.279 e. The van der Waals surface area contributed by atoms with E-state index in [1.807, 2.05) is 16.7 Å². The summed E-state index contributed by atoms with van der Waals surface area (Å²) in [4.78, 5) is 28.0. The second-order valence-electron chi connectivity index (χ2n) is 7.44. The number of amides is 1. The van der Waals surface area contributed by atoms with Crippen LogP contribution in [-0.4, -0.2) is 15.4 Å². The third-order valence-corrected chi connectivity index (χ3v) is 5.43. The third kappa shape index (κ3) is 3.94. The van der Waals surface area contributed by atoms with Gasteiger partial charge < -0.3 is 4.57 Å². The summed E-state index contributed by atoms with van der Waals surface area (Å²) in [6.07, 6.45) is 1.70. The molecular formula is C21H21N3O3S. The fraction of sp³-hybridized carbons (Fsp3) is 0.238. The predicted molar refractivity (Wildman–Crippen MR) is 112 cm³/mol. The number of hydrogen-bond donors (Lipinski definition) is 0. The van der Waals surface area contributed by atoms with Crippen LogP contribution >= 0.6 is 11.3 Å². The summed E-state index contributed by atoms with van der Waals surface area (Å²) in [5.41, 5.74) is 2.44. The monoisotopic (exact) mass is 395 g/mol. The number of nitrogens with zero attached hydrogens (tertiary/aromatic N) is 3. The lowest BCUT2D eigenvalue weighted by Crippen LogP contribution is -2.16. The van der Waals surface area contributed by atoms with Crippen LogP contribution in [0.4, 0.5) is 5.69 Å². The number of non-ortho nitro benzene ring substituents is 1. The van der Waals surface area contributed by atoms with Crippen molar-refractivity contribution in [1.82, 2.24) is 4.57 Å².